The Morgan fingerprint density at radius 1 is 1.12 bits per heavy atom. The van der Waals surface area contributed by atoms with Crippen molar-refractivity contribution in [3.63, 3.8) is 0 Å². The Bertz CT molecular complexity index is 403. The predicted octanol–water partition coefficient (Wildman–Crippen LogP) is 2.52. The number of aldehydes is 1. The summed E-state index contributed by atoms with van der Waals surface area (Å²) in [4.78, 5) is 13.7. The molecule has 3 rings (SSSR count). The monoisotopic (exact) mass is 215 g/mol. The van der Waals surface area contributed by atoms with Gasteiger partial charge in [0.25, 0.3) is 0 Å². The van der Waals surface area contributed by atoms with Crippen molar-refractivity contribution in [1.82, 2.24) is 0 Å². The maximum absolute atomic E-state index is 11.2. The van der Waals surface area contributed by atoms with Gasteiger partial charge in [-0.15, -0.1) is 0 Å². The van der Waals surface area contributed by atoms with Crippen LogP contribution in [0, 0.1) is 0 Å². The van der Waals surface area contributed by atoms with Crippen molar-refractivity contribution in [3.8, 4) is 0 Å². The highest BCUT2D eigenvalue weighted by Gasteiger charge is 2.46. The molecule has 2 fully saturated rings. The number of carbonyl (C=O) groups excluding carboxylic acids is 1. The summed E-state index contributed by atoms with van der Waals surface area (Å²) in [5, 5.41) is 0. The van der Waals surface area contributed by atoms with Crippen LogP contribution in [0.2, 0.25) is 0 Å². The van der Waals surface area contributed by atoms with Gasteiger partial charge in [-0.25, -0.2) is 0 Å². The van der Waals surface area contributed by atoms with Crippen LogP contribution < -0.4 is 4.90 Å². The van der Waals surface area contributed by atoms with Gasteiger partial charge in [0.2, 0.25) is 0 Å². The van der Waals surface area contributed by atoms with Crippen molar-refractivity contribution in [2.45, 2.75) is 31.1 Å². The van der Waals surface area contributed by atoms with Gasteiger partial charge in [-0.05, 0) is 37.3 Å². The SMILES string of the molecule is O=CC1(c2ccccc2N2CCCC2)CC1. The normalized spacial score (nSPS) is 22.1. The van der Waals surface area contributed by atoms with Crippen LogP contribution >= 0.6 is 0 Å². The summed E-state index contributed by atoms with van der Waals surface area (Å²) in [5.41, 5.74) is 2.41. The van der Waals surface area contributed by atoms with Crippen LogP contribution in [0.5, 0.6) is 0 Å². The Kier molecular flexibility index (Phi) is 2.23. The van der Waals surface area contributed by atoms with Crippen LogP contribution in [0.3, 0.4) is 0 Å². The molecule has 2 heteroatoms. The van der Waals surface area contributed by atoms with Crippen molar-refractivity contribution < 1.29 is 4.79 Å². The highest BCUT2D eigenvalue weighted by atomic mass is 16.1. The van der Waals surface area contributed by atoms with Gasteiger partial charge >= 0.3 is 0 Å². The number of anilines is 1. The molecular weight excluding hydrogens is 198 g/mol. The summed E-state index contributed by atoms with van der Waals surface area (Å²) < 4.78 is 0. The van der Waals surface area contributed by atoms with E-state index < -0.39 is 0 Å². The Morgan fingerprint density at radius 3 is 2.44 bits per heavy atom. The molecule has 1 heterocycles. The van der Waals surface area contributed by atoms with Crippen molar-refractivity contribution in [3.05, 3.63) is 29.8 Å². The third kappa shape index (κ3) is 1.44. The van der Waals surface area contributed by atoms with Gasteiger partial charge in [0.05, 0.1) is 5.41 Å². The minimum Gasteiger partial charge on any atom is -0.371 e. The molecule has 1 aromatic rings. The van der Waals surface area contributed by atoms with E-state index in [-0.39, 0.29) is 5.41 Å². The summed E-state index contributed by atoms with van der Waals surface area (Å²) in [7, 11) is 0. The zero-order chi connectivity index (χ0) is 11.0. The lowest BCUT2D eigenvalue weighted by Crippen LogP contribution is -2.22. The van der Waals surface area contributed by atoms with Crippen LogP contribution in [0.15, 0.2) is 24.3 Å². The molecular formula is C14H17NO. The van der Waals surface area contributed by atoms with E-state index in [1.165, 1.54) is 24.1 Å². The molecule has 1 saturated carbocycles. The number of carbonyl (C=O) groups is 1. The zero-order valence-corrected chi connectivity index (χ0v) is 9.48. The molecule has 0 bridgehead atoms. The molecule has 84 valence electrons. The topological polar surface area (TPSA) is 20.3 Å². The quantitative estimate of drug-likeness (QED) is 0.722. The molecule has 2 nitrogen and oxygen atoms in total. The Balaban J connectivity index is 2.00. The average Bonchev–Trinajstić information content (AvgIpc) is 2.95. The molecule has 0 spiro atoms. The van der Waals surface area contributed by atoms with E-state index in [4.69, 9.17) is 0 Å². The molecule has 16 heavy (non-hydrogen) atoms. The molecule has 2 aliphatic rings. The second kappa shape index (κ2) is 3.62. The number of rotatable bonds is 3. The maximum Gasteiger partial charge on any atom is 0.130 e. The lowest BCUT2D eigenvalue weighted by Gasteiger charge is -2.23. The van der Waals surface area contributed by atoms with Crippen LogP contribution in [-0.4, -0.2) is 19.4 Å². The molecule has 0 radical (unpaired) electrons. The van der Waals surface area contributed by atoms with E-state index in [1.54, 1.807) is 0 Å². The van der Waals surface area contributed by atoms with Crippen LogP contribution in [0.4, 0.5) is 5.69 Å². The zero-order valence-electron chi connectivity index (χ0n) is 9.48. The highest BCUT2D eigenvalue weighted by Crippen LogP contribution is 2.49. The smallest absolute Gasteiger partial charge is 0.130 e. The van der Waals surface area contributed by atoms with Gasteiger partial charge in [-0.3, -0.25) is 0 Å². The van der Waals surface area contributed by atoms with E-state index in [2.05, 4.69) is 29.2 Å². The van der Waals surface area contributed by atoms with Crippen LogP contribution in [0.1, 0.15) is 31.2 Å². The van der Waals surface area contributed by atoms with Gasteiger partial charge in [-0.1, -0.05) is 18.2 Å². The first-order valence-corrected chi connectivity index (χ1v) is 6.16. The maximum atomic E-state index is 11.2. The van der Waals surface area contributed by atoms with E-state index in [0.29, 0.717) is 0 Å². The number of hydrogen-bond acceptors (Lipinski definition) is 2. The number of para-hydroxylation sites is 1. The third-order valence-electron chi connectivity index (χ3n) is 3.90. The Labute approximate surface area is 96.3 Å². The summed E-state index contributed by atoms with van der Waals surface area (Å²) >= 11 is 0. The minimum atomic E-state index is -0.140. The highest BCUT2D eigenvalue weighted by molar-refractivity contribution is 5.78. The fraction of sp³-hybridized carbons (Fsp3) is 0.500. The molecule has 0 unspecified atom stereocenters. The fourth-order valence-corrected chi connectivity index (χ4v) is 2.71. The number of hydrogen-bond donors (Lipinski definition) is 0. The number of benzene rings is 1. The first kappa shape index (κ1) is 9.88. The lowest BCUT2D eigenvalue weighted by atomic mass is 9.95. The molecule has 1 aliphatic heterocycles. The summed E-state index contributed by atoms with van der Waals surface area (Å²) in [5.74, 6) is 0. The summed E-state index contributed by atoms with van der Waals surface area (Å²) in [6, 6.07) is 8.44. The average molecular weight is 215 g/mol. The molecule has 1 saturated heterocycles. The van der Waals surface area contributed by atoms with Crippen molar-refractivity contribution in [1.29, 1.82) is 0 Å². The molecule has 0 N–H and O–H groups in total. The van der Waals surface area contributed by atoms with Gasteiger partial charge in [0, 0.05) is 18.8 Å². The molecule has 1 aromatic carbocycles. The van der Waals surface area contributed by atoms with Crippen molar-refractivity contribution >= 4 is 12.0 Å². The van der Waals surface area contributed by atoms with Gasteiger partial charge in [0.15, 0.2) is 0 Å². The third-order valence-corrected chi connectivity index (χ3v) is 3.90. The van der Waals surface area contributed by atoms with E-state index >= 15 is 0 Å². The van der Waals surface area contributed by atoms with Crippen LogP contribution in [0.25, 0.3) is 0 Å². The Hall–Kier alpha value is -1.31. The molecule has 0 atom stereocenters. The molecule has 0 aromatic heterocycles. The van der Waals surface area contributed by atoms with Gasteiger partial charge in [-0.2, -0.15) is 0 Å². The summed E-state index contributed by atoms with van der Waals surface area (Å²) in [6.07, 6.45) is 5.77. The van der Waals surface area contributed by atoms with Crippen molar-refractivity contribution in [2.24, 2.45) is 0 Å². The van der Waals surface area contributed by atoms with Gasteiger partial charge < -0.3 is 9.69 Å². The first-order chi connectivity index (χ1) is 7.86. The first-order valence-electron chi connectivity index (χ1n) is 6.16. The van der Waals surface area contributed by atoms with Crippen LogP contribution in [-0.2, 0) is 10.2 Å². The predicted molar refractivity (Wildman–Crippen MR) is 64.9 cm³/mol. The van der Waals surface area contributed by atoms with Gasteiger partial charge in [0.1, 0.15) is 6.29 Å². The fourth-order valence-electron chi connectivity index (χ4n) is 2.71. The van der Waals surface area contributed by atoms with E-state index in [9.17, 15) is 4.79 Å². The molecule has 1 aliphatic carbocycles. The standard InChI is InChI=1S/C14H17NO/c16-11-14(7-8-14)12-5-1-2-6-13(12)15-9-3-4-10-15/h1-2,5-6,11H,3-4,7-10H2. The lowest BCUT2D eigenvalue weighted by molar-refractivity contribution is -0.109. The van der Waals surface area contributed by atoms with Crippen molar-refractivity contribution in [2.75, 3.05) is 18.0 Å². The minimum absolute atomic E-state index is 0.140. The van der Waals surface area contributed by atoms with E-state index in [0.717, 1.165) is 32.2 Å². The largest absolute Gasteiger partial charge is 0.371 e. The molecule has 0 amide bonds. The second-order valence-corrected chi connectivity index (χ2v) is 4.99. The summed E-state index contributed by atoms with van der Waals surface area (Å²) in [6.45, 7) is 2.29. The second-order valence-electron chi connectivity index (χ2n) is 4.99. The number of nitrogens with zero attached hydrogens (tertiary/aromatic N) is 1. The van der Waals surface area contributed by atoms with E-state index in [1.807, 2.05) is 0 Å². The Morgan fingerprint density at radius 2 is 1.81 bits per heavy atom.